The van der Waals surface area contributed by atoms with Crippen LogP contribution in [0.25, 0.3) is 0 Å². The van der Waals surface area contributed by atoms with Crippen molar-refractivity contribution in [1.29, 1.82) is 0 Å². The highest BCUT2D eigenvalue weighted by Gasteiger charge is 2.17. The molecule has 0 aliphatic heterocycles. The fourth-order valence-corrected chi connectivity index (χ4v) is 2.14. The second kappa shape index (κ2) is 6.48. The van der Waals surface area contributed by atoms with Crippen LogP contribution in [-0.4, -0.2) is 13.7 Å². The van der Waals surface area contributed by atoms with Gasteiger partial charge in [-0.15, -0.1) is 0 Å². The molecular weight excluding hydrogens is 260 g/mol. The lowest BCUT2D eigenvalue weighted by molar-refractivity contribution is 0.414. The summed E-state index contributed by atoms with van der Waals surface area (Å²) in [7, 11) is 1.59. The van der Waals surface area contributed by atoms with Gasteiger partial charge in [0.05, 0.1) is 13.2 Å². The molecule has 0 radical (unpaired) electrons. The quantitative estimate of drug-likeness (QED) is 0.900. The SMILES string of the molecule is CCNC(c1ccc(OC)cc1)c1cc(F)ccc1F. The van der Waals surface area contributed by atoms with Crippen LogP contribution in [-0.2, 0) is 0 Å². The zero-order valence-electron chi connectivity index (χ0n) is 11.5. The molecule has 0 spiro atoms. The maximum atomic E-state index is 13.9. The molecule has 0 aliphatic rings. The first kappa shape index (κ1) is 14.5. The fourth-order valence-electron chi connectivity index (χ4n) is 2.14. The lowest BCUT2D eigenvalue weighted by atomic mass is 9.98. The Morgan fingerprint density at radius 1 is 1.10 bits per heavy atom. The Balaban J connectivity index is 2.41. The standard InChI is InChI=1S/C16H17F2NO/c1-3-19-16(11-4-7-13(20-2)8-5-11)14-10-12(17)6-9-15(14)18/h4-10,16,19H,3H2,1-2H3. The predicted octanol–water partition coefficient (Wildman–Crippen LogP) is 3.67. The lowest BCUT2D eigenvalue weighted by Gasteiger charge is -2.20. The van der Waals surface area contributed by atoms with Gasteiger partial charge in [-0.3, -0.25) is 0 Å². The van der Waals surface area contributed by atoms with Crippen molar-refractivity contribution in [3.8, 4) is 5.75 Å². The summed E-state index contributed by atoms with van der Waals surface area (Å²) < 4.78 is 32.4. The van der Waals surface area contributed by atoms with Crippen LogP contribution < -0.4 is 10.1 Å². The van der Waals surface area contributed by atoms with Crippen molar-refractivity contribution in [1.82, 2.24) is 5.32 Å². The molecule has 0 amide bonds. The first-order chi connectivity index (χ1) is 9.65. The van der Waals surface area contributed by atoms with Crippen molar-refractivity contribution in [3.63, 3.8) is 0 Å². The van der Waals surface area contributed by atoms with Gasteiger partial charge >= 0.3 is 0 Å². The highest BCUT2D eigenvalue weighted by molar-refractivity contribution is 5.36. The van der Waals surface area contributed by atoms with Crippen molar-refractivity contribution in [2.24, 2.45) is 0 Å². The third-order valence-electron chi connectivity index (χ3n) is 3.13. The van der Waals surface area contributed by atoms with E-state index >= 15 is 0 Å². The minimum Gasteiger partial charge on any atom is -0.497 e. The number of ether oxygens (including phenoxy) is 1. The molecule has 0 saturated heterocycles. The molecule has 2 nitrogen and oxygen atoms in total. The highest BCUT2D eigenvalue weighted by atomic mass is 19.1. The van der Waals surface area contributed by atoms with Crippen LogP contribution in [0.1, 0.15) is 24.1 Å². The van der Waals surface area contributed by atoms with E-state index in [0.29, 0.717) is 12.1 Å². The zero-order valence-corrected chi connectivity index (χ0v) is 11.5. The van der Waals surface area contributed by atoms with Gasteiger partial charge in [0.1, 0.15) is 17.4 Å². The van der Waals surface area contributed by atoms with Gasteiger partial charge < -0.3 is 10.1 Å². The number of nitrogens with one attached hydrogen (secondary N) is 1. The Bertz CT molecular complexity index is 569. The summed E-state index contributed by atoms with van der Waals surface area (Å²) in [6.07, 6.45) is 0. The Hall–Kier alpha value is -1.94. The summed E-state index contributed by atoms with van der Waals surface area (Å²) in [5, 5.41) is 3.17. The molecule has 1 N–H and O–H groups in total. The minimum atomic E-state index is -0.446. The van der Waals surface area contributed by atoms with E-state index in [0.717, 1.165) is 23.4 Å². The Labute approximate surface area is 117 Å². The number of hydrogen-bond acceptors (Lipinski definition) is 2. The summed E-state index contributed by atoms with van der Waals surface area (Å²) in [5.74, 6) is -0.144. The predicted molar refractivity (Wildman–Crippen MR) is 74.9 cm³/mol. The van der Waals surface area contributed by atoms with Gasteiger partial charge in [0.2, 0.25) is 0 Å². The van der Waals surface area contributed by atoms with Gasteiger partial charge in [-0.2, -0.15) is 0 Å². The number of halogens is 2. The average Bonchev–Trinajstić information content (AvgIpc) is 2.48. The molecule has 2 rings (SSSR count). The van der Waals surface area contributed by atoms with Gasteiger partial charge in [-0.1, -0.05) is 19.1 Å². The summed E-state index contributed by atoms with van der Waals surface area (Å²) in [4.78, 5) is 0. The van der Waals surface area contributed by atoms with Gasteiger partial charge in [-0.25, -0.2) is 8.78 Å². The first-order valence-electron chi connectivity index (χ1n) is 6.48. The molecular formula is C16H17F2NO. The smallest absolute Gasteiger partial charge is 0.128 e. The largest absolute Gasteiger partial charge is 0.497 e. The van der Waals surface area contributed by atoms with Crippen LogP contribution in [0.2, 0.25) is 0 Å². The van der Waals surface area contributed by atoms with Crippen LogP contribution in [0, 0.1) is 11.6 Å². The van der Waals surface area contributed by atoms with Crippen LogP contribution in [0.15, 0.2) is 42.5 Å². The fraction of sp³-hybridized carbons (Fsp3) is 0.250. The van der Waals surface area contributed by atoms with E-state index in [1.165, 1.54) is 6.07 Å². The average molecular weight is 277 g/mol. The number of methoxy groups -OCH3 is 1. The molecule has 1 atom stereocenters. The second-order valence-corrected chi connectivity index (χ2v) is 4.43. The van der Waals surface area contributed by atoms with Crippen LogP contribution in [0.3, 0.4) is 0 Å². The van der Waals surface area contributed by atoms with E-state index in [9.17, 15) is 8.78 Å². The number of hydrogen-bond donors (Lipinski definition) is 1. The summed E-state index contributed by atoms with van der Waals surface area (Å²) >= 11 is 0. The molecule has 0 heterocycles. The Morgan fingerprint density at radius 2 is 1.80 bits per heavy atom. The topological polar surface area (TPSA) is 21.3 Å². The van der Waals surface area contributed by atoms with Gasteiger partial charge in [0, 0.05) is 5.56 Å². The maximum absolute atomic E-state index is 13.9. The minimum absolute atomic E-state index is 0.303. The van der Waals surface area contributed by atoms with Crippen molar-refractivity contribution >= 4 is 0 Å². The first-order valence-corrected chi connectivity index (χ1v) is 6.48. The molecule has 0 bridgehead atoms. The van der Waals surface area contributed by atoms with E-state index in [4.69, 9.17) is 4.74 Å². The Kier molecular flexibility index (Phi) is 4.69. The number of benzene rings is 2. The second-order valence-electron chi connectivity index (χ2n) is 4.43. The monoisotopic (exact) mass is 277 g/mol. The molecule has 0 aromatic heterocycles. The zero-order chi connectivity index (χ0) is 14.5. The van der Waals surface area contributed by atoms with Crippen molar-refractivity contribution in [2.75, 3.05) is 13.7 Å². The molecule has 4 heteroatoms. The van der Waals surface area contributed by atoms with E-state index < -0.39 is 11.6 Å². The van der Waals surface area contributed by atoms with Crippen molar-refractivity contribution in [2.45, 2.75) is 13.0 Å². The molecule has 2 aromatic rings. The molecule has 0 fully saturated rings. The summed E-state index contributed by atoms with van der Waals surface area (Å²) in [6, 6.07) is 10.4. The normalized spacial score (nSPS) is 12.2. The molecule has 1 unspecified atom stereocenters. The summed E-state index contributed by atoms with van der Waals surface area (Å²) in [6.45, 7) is 2.57. The van der Waals surface area contributed by atoms with Crippen molar-refractivity contribution in [3.05, 3.63) is 65.2 Å². The molecule has 0 aliphatic carbocycles. The maximum Gasteiger partial charge on any atom is 0.128 e. The Morgan fingerprint density at radius 3 is 2.40 bits per heavy atom. The van der Waals surface area contributed by atoms with E-state index in [1.54, 1.807) is 19.2 Å². The van der Waals surface area contributed by atoms with Crippen LogP contribution >= 0.6 is 0 Å². The molecule has 106 valence electrons. The van der Waals surface area contributed by atoms with Crippen LogP contribution in [0.4, 0.5) is 8.78 Å². The third-order valence-corrected chi connectivity index (χ3v) is 3.13. The van der Waals surface area contributed by atoms with Gasteiger partial charge in [0.25, 0.3) is 0 Å². The summed E-state index contributed by atoms with van der Waals surface area (Å²) in [5.41, 5.74) is 1.16. The molecule has 2 aromatic carbocycles. The van der Waals surface area contributed by atoms with Crippen molar-refractivity contribution < 1.29 is 13.5 Å². The number of rotatable bonds is 5. The molecule has 0 saturated carbocycles. The van der Waals surface area contributed by atoms with Gasteiger partial charge in [-0.05, 0) is 42.4 Å². The van der Waals surface area contributed by atoms with E-state index in [-0.39, 0.29) is 6.04 Å². The highest BCUT2D eigenvalue weighted by Crippen LogP contribution is 2.26. The van der Waals surface area contributed by atoms with E-state index in [2.05, 4.69) is 5.32 Å². The third kappa shape index (κ3) is 3.14. The van der Waals surface area contributed by atoms with E-state index in [1.807, 2.05) is 19.1 Å². The molecule has 20 heavy (non-hydrogen) atoms. The lowest BCUT2D eigenvalue weighted by Crippen LogP contribution is -2.23. The van der Waals surface area contributed by atoms with Gasteiger partial charge in [0.15, 0.2) is 0 Å². The van der Waals surface area contributed by atoms with Crippen LogP contribution in [0.5, 0.6) is 5.75 Å².